The van der Waals surface area contributed by atoms with Crippen molar-refractivity contribution in [3.05, 3.63) is 195 Å². The van der Waals surface area contributed by atoms with Crippen molar-refractivity contribution >= 4 is 11.3 Å². The number of nitrogens with zero attached hydrogens (tertiary/aromatic N) is 1. The molecule has 2 heteroatoms. The lowest BCUT2D eigenvalue weighted by molar-refractivity contribution is 0.318. The van der Waals surface area contributed by atoms with E-state index in [1.54, 1.807) is 27.8 Å². The van der Waals surface area contributed by atoms with Gasteiger partial charge in [0.05, 0.1) is 5.71 Å². The molecule has 0 aromatic heterocycles. The quantitative estimate of drug-likeness (QED) is 0.276. The van der Waals surface area contributed by atoms with Crippen LogP contribution in [0.15, 0.2) is 167 Å². The molecule has 1 heterocycles. The van der Waals surface area contributed by atoms with Crippen molar-refractivity contribution in [2.75, 3.05) is 0 Å². The van der Waals surface area contributed by atoms with Crippen LogP contribution in [0.4, 0.5) is 0 Å². The molecule has 3 aromatic rings. The van der Waals surface area contributed by atoms with Crippen LogP contribution in [0.5, 0.6) is 0 Å². The molecule has 0 radical (unpaired) electrons. The average molecular weight is 755 g/mol. The van der Waals surface area contributed by atoms with Gasteiger partial charge in [-0.05, 0) is 142 Å². The molecule has 2 saturated carbocycles. The van der Waals surface area contributed by atoms with Crippen LogP contribution in [0.1, 0.15) is 123 Å². The molecule has 5 unspecified atom stereocenters. The summed E-state index contributed by atoms with van der Waals surface area (Å²) >= 11 is 0. The van der Waals surface area contributed by atoms with Crippen LogP contribution in [0.3, 0.4) is 0 Å². The number of hydrogen-bond donors (Lipinski definition) is 1. The molecule has 8 aliphatic carbocycles. The molecule has 0 bridgehead atoms. The second kappa shape index (κ2) is 13.2. The molecular formula is C56H54N2. The second-order valence-corrected chi connectivity index (χ2v) is 19.1. The van der Waals surface area contributed by atoms with Crippen LogP contribution in [-0.2, 0) is 10.8 Å². The SMILES string of the molecule is CC1(C)c2cc3c(cc2-c2cccc(C4C=CC(C5=CC(C6=CC=C(c7ccccc7)CC6)=NC(C6=CC=CCC6)N5)=CC4)c21)C1(CCCCC1)C1=CC=CC2C1C32. The van der Waals surface area contributed by atoms with Gasteiger partial charge in [0.1, 0.15) is 6.17 Å². The molecule has 9 aliphatic rings. The monoisotopic (exact) mass is 754 g/mol. The molecule has 1 aliphatic heterocycles. The number of benzene rings is 3. The molecule has 58 heavy (non-hydrogen) atoms. The van der Waals surface area contributed by atoms with Gasteiger partial charge >= 0.3 is 0 Å². The maximum atomic E-state index is 5.36. The summed E-state index contributed by atoms with van der Waals surface area (Å²) in [6.45, 7) is 5.02. The summed E-state index contributed by atoms with van der Waals surface area (Å²) in [5, 5.41) is 3.89. The van der Waals surface area contributed by atoms with Gasteiger partial charge < -0.3 is 5.32 Å². The highest BCUT2D eigenvalue weighted by molar-refractivity contribution is 6.10. The smallest absolute Gasteiger partial charge is 0.141 e. The normalized spacial score (nSPS) is 28.9. The zero-order chi connectivity index (χ0) is 38.6. The molecular weight excluding hydrogens is 701 g/mol. The Morgan fingerprint density at radius 1 is 0.741 bits per heavy atom. The molecule has 288 valence electrons. The zero-order valence-electron chi connectivity index (χ0n) is 34.1. The fourth-order valence-corrected chi connectivity index (χ4v) is 12.8. The fraction of sp³-hybridized carbons (Fsp3) is 0.339. The molecule has 3 aromatic carbocycles. The Labute approximate surface area is 345 Å². The predicted molar refractivity (Wildman–Crippen MR) is 241 cm³/mol. The Hall–Kier alpha value is -5.21. The number of nitrogens with one attached hydrogen (secondary N) is 1. The average Bonchev–Trinajstić information content (AvgIpc) is 3.98. The minimum absolute atomic E-state index is 0.0413. The Kier molecular flexibility index (Phi) is 7.89. The lowest BCUT2D eigenvalue weighted by Gasteiger charge is -2.45. The highest BCUT2D eigenvalue weighted by Gasteiger charge is 2.62. The highest BCUT2D eigenvalue weighted by atomic mass is 15.1. The van der Waals surface area contributed by atoms with Crippen LogP contribution < -0.4 is 5.32 Å². The van der Waals surface area contributed by atoms with Gasteiger partial charge in [0, 0.05) is 22.4 Å². The molecule has 5 atom stereocenters. The van der Waals surface area contributed by atoms with Crippen molar-refractivity contribution in [2.45, 2.75) is 107 Å². The van der Waals surface area contributed by atoms with E-state index in [2.05, 4.69) is 153 Å². The van der Waals surface area contributed by atoms with Gasteiger partial charge in [-0.2, -0.15) is 0 Å². The van der Waals surface area contributed by atoms with Crippen molar-refractivity contribution in [3.8, 4) is 11.1 Å². The topological polar surface area (TPSA) is 24.4 Å². The second-order valence-electron chi connectivity index (χ2n) is 19.1. The van der Waals surface area contributed by atoms with E-state index in [4.69, 9.17) is 4.99 Å². The van der Waals surface area contributed by atoms with E-state index in [9.17, 15) is 0 Å². The Bertz CT molecular complexity index is 2580. The number of fused-ring (bicyclic) bond motifs is 8. The van der Waals surface area contributed by atoms with E-state index in [-0.39, 0.29) is 17.0 Å². The fourth-order valence-electron chi connectivity index (χ4n) is 12.8. The summed E-state index contributed by atoms with van der Waals surface area (Å²) in [6, 6.07) is 23.5. The summed E-state index contributed by atoms with van der Waals surface area (Å²) in [6.07, 6.45) is 40.4. The summed E-state index contributed by atoms with van der Waals surface area (Å²) in [5.74, 6) is 2.48. The minimum atomic E-state index is -0.0450. The van der Waals surface area contributed by atoms with E-state index < -0.39 is 0 Å². The van der Waals surface area contributed by atoms with Gasteiger partial charge in [0.2, 0.25) is 0 Å². The third-order valence-electron chi connectivity index (χ3n) is 15.7. The zero-order valence-corrected chi connectivity index (χ0v) is 34.1. The number of aliphatic imine (C=N–C) groups is 1. The molecule has 2 nitrogen and oxygen atoms in total. The largest absolute Gasteiger partial charge is 0.360 e. The van der Waals surface area contributed by atoms with Gasteiger partial charge in [-0.1, -0.05) is 160 Å². The summed E-state index contributed by atoms with van der Waals surface area (Å²) in [5.41, 5.74) is 22.0. The Morgan fingerprint density at radius 3 is 2.40 bits per heavy atom. The summed E-state index contributed by atoms with van der Waals surface area (Å²) < 4.78 is 0. The van der Waals surface area contributed by atoms with E-state index in [1.165, 1.54) is 82.3 Å². The lowest BCUT2D eigenvalue weighted by atomic mass is 9.59. The Morgan fingerprint density at radius 2 is 1.60 bits per heavy atom. The molecule has 1 N–H and O–H groups in total. The molecule has 0 saturated heterocycles. The van der Waals surface area contributed by atoms with Crippen LogP contribution in [0.2, 0.25) is 0 Å². The standard InChI is InChI=1S/C56H54N2/c1-55(2)47-33-45-48(56(30-10-5-11-31-56)46-21-13-20-43-51(45)52(43)46)32-44(47)42-19-12-18-41(53(42)55)37-24-28-39(29-25-37)50-34-49(57-54(58-50)40-16-8-4-9-17-40)38-26-22-36(23-27-38)35-14-6-3-7-15-35/h3-4,6-8,12-16,18-22,24,26,28-29,32-34,37,43,51-52,54,58H,5,9-11,17,23,25,27,30-31H2,1-2H3. The van der Waals surface area contributed by atoms with Crippen LogP contribution in [-0.4, -0.2) is 11.9 Å². The Balaban J connectivity index is 0.868. The minimum Gasteiger partial charge on any atom is -0.360 e. The first-order valence-electron chi connectivity index (χ1n) is 22.5. The molecule has 12 rings (SSSR count). The maximum Gasteiger partial charge on any atom is 0.141 e. The van der Waals surface area contributed by atoms with E-state index >= 15 is 0 Å². The van der Waals surface area contributed by atoms with Gasteiger partial charge in [-0.25, -0.2) is 0 Å². The number of rotatable bonds is 5. The first kappa shape index (κ1) is 34.8. The van der Waals surface area contributed by atoms with Gasteiger partial charge in [-0.3, -0.25) is 4.99 Å². The summed E-state index contributed by atoms with van der Waals surface area (Å²) in [7, 11) is 0. The number of allylic oxidation sites excluding steroid dienone is 15. The summed E-state index contributed by atoms with van der Waals surface area (Å²) in [4.78, 5) is 5.36. The van der Waals surface area contributed by atoms with E-state index in [0.29, 0.717) is 17.8 Å². The first-order valence-corrected chi connectivity index (χ1v) is 22.5. The number of hydrogen-bond acceptors (Lipinski definition) is 2. The van der Waals surface area contributed by atoms with Gasteiger partial charge in [0.25, 0.3) is 0 Å². The maximum absolute atomic E-state index is 5.36. The van der Waals surface area contributed by atoms with Crippen molar-refractivity contribution in [1.29, 1.82) is 0 Å². The molecule has 1 spiro atoms. The van der Waals surface area contributed by atoms with Crippen LogP contribution in [0, 0.1) is 11.8 Å². The van der Waals surface area contributed by atoms with E-state index in [1.807, 2.05) is 0 Å². The third-order valence-corrected chi connectivity index (χ3v) is 15.7. The van der Waals surface area contributed by atoms with Crippen molar-refractivity contribution in [2.24, 2.45) is 16.8 Å². The molecule has 2 fully saturated rings. The van der Waals surface area contributed by atoms with Gasteiger partial charge in [0.15, 0.2) is 0 Å². The first-order chi connectivity index (χ1) is 28.5. The highest BCUT2D eigenvalue weighted by Crippen LogP contribution is 2.71. The van der Waals surface area contributed by atoms with E-state index in [0.717, 1.165) is 43.7 Å². The van der Waals surface area contributed by atoms with Crippen molar-refractivity contribution in [3.63, 3.8) is 0 Å². The van der Waals surface area contributed by atoms with Gasteiger partial charge in [-0.15, -0.1) is 0 Å². The van der Waals surface area contributed by atoms with Crippen LogP contribution in [0.25, 0.3) is 16.7 Å². The van der Waals surface area contributed by atoms with Crippen LogP contribution >= 0.6 is 0 Å². The third kappa shape index (κ3) is 5.26. The van der Waals surface area contributed by atoms with Crippen molar-refractivity contribution in [1.82, 2.24) is 5.32 Å². The molecule has 0 amide bonds. The lowest BCUT2D eigenvalue weighted by Crippen LogP contribution is -2.36. The predicted octanol–water partition coefficient (Wildman–Crippen LogP) is 13.3. The van der Waals surface area contributed by atoms with Crippen molar-refractivity contribution < 1.29 is 0 Å².